The maximum Gasteiger partial charge on any atom is 0.321 e. The standard InChI is InChI=1S/C18H28O2/c19-18-16(13-15-9-5-2-6-10-15)17(20-18)12-11-14-7-3-1-4-8-14/h12,14-16H,1-11,13H2/b17-12-/t16-/m0/s1. The highest BCUT2D eigenvalue weighted by Crippen LogP contribution is 2.38. The molecule has 0 unspecified atom stereocenters. The molecule has 1 saturated heterocycles. The molecule has 20 heavy (non-hydrogen) atoms. The number of rotatable bonds is 4. The second kappa shape index (κ2) is 6.78. The Hall–Kier alpha value is -0.790. The molecule has 0 radical (unpaired) electrons. The third-order valence-corrected chi connectivity index (χ3v) is 5.52. The van der Waals surface area contributed by atoms with E-state index in [1.165, 1.54) is 64.2 Å². The van der Waals surface area contributed by atoms with Crippen molar-refractivity contribution < 1.29 is 9.53 Å². The minimum Gasteiger partial charge on any atom is -0.430 e. The van der Waals surface area contributed by atoms with E-state index in [1.54, 1.807) is 0 Å². The van der Waals surface area contributed by atoms with Gasteiger partial charge in [0.2, 0.25) is 0 Å². The van der Waals surface area contributed by atoms with Crippen molar-refractivity contribution >= 4 is 5.97 Å². The van der Waals surface area contributed by atoms with Gasteiger partial charge in [-0.15, -0.1) is 0 Å². The van der Waals surface area contributed by atoms with Crippen LogP contribution in [0.25, 0.3) is 0 Å². The van der Waals surface area contributed by atoms with Crippen molar-refractivity contribution in [3.63, 3.8) is 0 Å². The average Bonchev–Trinajstić information content (AvgIpc) is 2.51. The molecule has 2 saturated carbocycles. The molecule has 0 bridgehead atoms. The summed E-state index contributed by atoms with van der Waals surface area (Å²) >= 11 is 0. The van der Waals surface area contributed by atoms with Gasteiger partial charge in [-0.1, -0.05) is 64.2 Å². The SMILES string of the molecule is O=C1O/C(=C\CC2CCCCC2)[C@@H]1CC1CCCCC1. The van der Waals surface area contributed by atoms with Gasteiger partial charge in [0.05, 0.1) is 0 Å². The topological polar surface area (TPSA) is 26.3 Å². The van der Waals surface area contributed by atoms with E-state index in [-0.39, 0.29) is 11.9 Å². The average molecular weight is 276 g/mol. The van der Waals surface area contributed by atoms with E-state index in [4.69, 9.17) is 4.74 Å². The molecule has 2 heteroatoms. The van der Waals surface area contributed by atoms with E-state index in [0.29, 0.717) is 0 Å². The van der Waals surface area contributed by atoms with Gasteiger partial charge in [-0.25, -0.2) is 0 Å². The van der Waals surface area contributed by atoms with Crippen LogP contribution < -0.4 is 0 Å². The van der Waals surface area contributed by atoms with E-state index in [0.717, 1.165) is 30.4 Å². The monoisotopic (exact) mass is 276 g/mol. The fourth-order valence-electron chi connectivity index (χ4n) is 4.17. The van der Waals surface area contributed by atoms with Crippen LogP contribution in [0.1, 0.15) is 77.0 Å². The highest BCUT2D eigenvalue weighted by Gasteiger charge is 2.38. The van der Waals surface area contributed by atoms with Crippen LogP contribution >= 0.6 is 0 Å². The van der Waals surface area contributed by atoms with Crippen LogP contribution in [0.2, 0.25) is 0 Å². The summed E-state index contributed by atoms with van der Waals surface area (Å²) in [6.07, 6.45) is 18.1. The predicted molar refractivity (Wildman–Crippen MR) is 80.0 cm³/mol. The van der Waals surface area contributed by atoms with Crippen LogP contribution in [0.5, 0.6) is 0 Å². The fourth-order valence-corrected chi connectivity index (χ4v) is 4.17. The third-order valence-electron chi connectivity index (χ3n) is 5.52. The summed E-state index contributed by atoms with van der Waals surface area (Å²) in [6, 6.07) is 0. The number of esters is 1. The van der Waals surface area contributed by atoms with Crippen LogP contribution in [0.15, 0.2) is 11.8 Å². The summed E-state index contributed by atoms with van der Waals surface area (Å²) < 4.78 is 5.31. The molecule has 1 aliphatic heterocycles. The number of cyclic esters (lactones) is 1. The number of ether oxygens (including phenoxy) is 1. The van der Waals surface area contributed by atoms with Crippen molar-refractivity contribution in [1.29, 1.82) is 0 Å². The van der Waals surface area contributed by atoms with Crippen LogP contribution in [0.4, 0.5) is 0 Å². The molecule has 3 aliphatic rings. The first-order valence-corrected chi connectivity index (χ1v) is 8.74. The third kappa shape index (κ3) is 3.45. The molecule has 0 N–H and O–H groups in total. The number of carbonyl (C=O) groups excluding carboxylic acids is 1. The van der Waals surface area contributed by atoms with Crippen molar-refractivity contribution in [3.8, 4) is 0 Å². The molecule has 3 fully saturated rings. The van der Waals surface area contributed by atoms with Crippen LogP contribution in [0, 0.1) is 17.8 Å². The Morgan fingerprint density at radius 2 is 1.50 bits per heavy atom. The van der Waals surface area contributed by atoms with Crippen molar-refractivity contribution in [2.75, 3.05) is 0 Å². The summed E-state index contributed by atoms with van der Waals surface area (Å²) in [5, 5.41) is 0. The predicted octanol–water partition coefficient (Wildman–Crippen LogP) is 4.98. The highest BCUT2D eigenvalue weighted by molar-refractivity contribution is 5.83. The summed E-state index contributed by atoms with van der Waals surface area (Å²) in [5.41, 5.74) is 0. The minimum absolute atomic E-state index is 0.0328. The fraction of sp³-hybridized carbons (Fsp3) is 0.833. The first kappa shape index (κ1) is 14.2. The Balaban J connectivity index is 1.49. The molecule has 0 aromatic rings. The van der Waals surface area contributed by atoms with Gasteiger partial charge >= 0.3 is 5.97 Å². The van der Waals surface area contributed by atoms with Crippen molar-refractivity contribution in [1.82, 2.24) is 0 Å². The Morgan fingerprint density at radius 1 is 0.900 bits per heavy atom. The molecule has 2 aliphatic carbocycles. The van der Waals surface area contributed by atoms with E-state index < -0.39 is 0 Å². The van der Waals surface area contributed by atoms with Crippen molar-refractivity contribution in [2.45, 2.75) is 77.0 Å². The van der Waals surface area contributed by atoms with Crippen molar-refractivity contribution in [3.05, 3.63) is 11.8 Å². The maximum atomic E-state index is 11.7. The van der Waals surface area contributed by atoms with Gasteiger partial charge < -0.3 is 4.74 Å². The highest BCUT2D eigenvalue weighted by atomic mass is 16.6. The zero-order chi connectivity index (χ0) is 13.8. The summed E-state index contributed by atoms with van der Waals surface area (Å²) in [4.78, 5) is 11.7. The Morgan fingerprint density at radius 3 is 2.10 bits per heavy atom. The zero-order valence-electron chi connectivity index (χ0n) is 12.6. The van der Waals surface area contributed by atoms with E-state index in [2.05, 4.69) is 6.08 Å². The van der Waals surface area contributed by atoms with Crippen molar-refractivity contribution in [2.24, 2.45) is 17.8 Å². The normalized spacial score (nSPS) is 31.1. The minimum atomic E-state index is 0.0328. The smallest absolute Gasteiger partial charge is 0.321 e. The van der Waals surface area contributed by atoms with Gasteiger partial charge in [-0.2, -0.15) is 0 Å². The molecule has 112 valence electrons. The van der Waals surface area contributed by atoms with E-state index >= 15 is 0 Å². The first-order chi connectivity index (χ1) is 9.83. The number of hydrogen-bond donors (Lipinski definition) is 0. The molecule has 2 nitrogen and oxygen atoms in total. The van der Waals surface area contributed by atoms with E-state index in [1.807, 2.05) is 0 Å². The molecule has 1 heterocycles. The molecule has 0 spiro atoms. The summed E-state index contributed by atoms with van der Waals surface area (Å²) in [5.74, 6) is 2.75. The molecular weight excluding hydrogens is 248 g/mol. The molecule has 0 aromatic carbocycles. The van der Waals surface area contributed by atoms with Gasteiger partial charge in [-0.3, -0.25) is 4.79 Å². The Bertz CT molecular complexity index is 360. The Kier molecular flexibility index (Phi) is 4.80. The van der Waals surface area contributed by atoms with E-state index in [9.17, 15) is 4.79 Å². The van der Waals surface area contributed by atoms with Gasteiger partial charge in [0.1, 0.15) is 11.7 Å². The van der Waals surface area contributed by atoms with Crippen LogP contribution in [-0.4, -0.2) is 5.97 Å². The molecular formula is C18H28O2. The van der Waals surface area contributed by atoms with Gasteiger partial charge in [0.15, 0.2) is 0 Å². The number of carbonyl (C=O) groups is 1. The molecule has 0 amide bonds. The lowest BCUT2D eigenvalue weighted by Gasteiger charge is -2.32. The van der Waals surface area contributed by atoms with Gasteiger partial charge in [-0.05, 0) is 30.8 Å². The molecule has 0 aromatic heterocycles. The largest absolute Gasteiger partial charge is 0.430 e. The molecule has 3 rings (SSSR count). The quantitative estimate of drug-likeness (QED) is 0.677. The van der Waals surface area contributed by atoms with Crippen LogP contribution in [0.3, 0.4) is 0 Å². The Labute approximate surface area is 123 Å². The lowest BCUT2D eigenvalue weighted by atomic mass is 9.80. The lowest BCUT2D eigenvalue weighted by Crippen LogP contribution is -2.34. The van der Waals surface area contributed by atoms with Gasteiger partial charge in [0.25, 0.3) is 0 Å². The first-order valence-electron chi connectivity index (χ1n) is 8.74. The van der Waals surface area contributed by atoms with Gasteiger partial charge in [0, 0.05) is 0 Å². The lowest BCUT2D eigenvalue weighted by molar-refractivity contribution is -0.158. The summed E-state index contributed by atoms with van der Waals surface area (Å²) in [7, 11) is 0. The second-order valence-corrected chi connectivity index (χ2v) is 7.06. The second-order valence-electron chi connectivity index (χ2n) is 7.06. The zero-order valence-corrected chi connectivity index (χ0v) is 12.6. The maximum absolute atomic E-state index is 11.7. The van der Waals surface area contributed by atoms with Crippen LogP contribution in [-0.2, 0) is 9.53 Å². The summed E-state index contributed by atoms with van der Waals surface area (Å²) in [6.45, 7) is 0. The number of hydrogen-bond acceptors (Lipinski definition) is 2. The number of allylic oxidation sites excluding steroid dienone is 1. The molecule has 1 atom stereocenters.